The van der Waals surface area contributed by atoms with Gasteiger partial charge in [-0.1, -0.05) is 37.7 Å². The van der Waals surface area contributed by atoms with Crippen LogP contribution in [0.4, 0.5) is 0 Å². The number of imidazole rings is 1. The zero-order valence-electron chi connectivity index (χ0n) is 14.3. The number of hydrogen-bond acceptors (Lipinski definition) is 3. The van der Waals surface area contributed by atoms with Gasteiger partial charge in [0, 0.05) is 18.4 Å². The minimum Gasteiger partial charge on any atom is -0.353 e. The highest BCUT2D eigenvalue weighted by molar-refractivity contribution is 7.99. The van der Waals surface area contributed by atoms with Gasteiger partial charge in [-0.15, -0.1) is 0 Å². The molecule has 1 N–H and O–H groups in total. The lowest BCUT2D eigenvalue weighted by Crippen LogP contribution is -2.35. The average Bonchev–Trinajstić information content (AvgIpc) is 3.01. The number of aryl methyl sites for hydroxylation is 2. The molecule has 0 atom stereocenters. The van der Waals surface area contributed by atoms with Gasteiger partial charge in [0.25, 0.3) is 0 Å². The average molecular weight is 331 g/mol. The molecule has 0 fully saturated rings. The fourth-order valence-corrected chi connectivity index (χ4v) is 3.23. The summed E-state index contributed by atoms with van der Waals surface area (Å²) in [6.45, 7) is 8.35. The largest absolute Gasteiger partial charge is 0.353 e. The zero-order chi connectivity index (χ0) is 16.8. The maximum Gasteiger partial charge on any atom is 0.230 e. The lowest BCUT2D eigenvalue weighted by molar-refractivity contribution is -0.119. The van der Waals surface area contributed by atoms with Gasteiger partial charge in [-0.3, -0.25) is 9.36 Å². The topological polar surface area (TPSA) is 46.9 Å². The van der Waals surface area contributed by atoms with E-state index < -0.39 is 0 Å². The summed E-state index contributed by atoms with van der Waals surface area (Å²) >= 11 is 1.47. The van der Waals surface area contributed by atoms with Gasteiger partial charge in [-0.2, -0.15) is 0 Å². The van der Waals surface area contributed by atoms with E-state index in [0.29, 0.717) is 5.75 Å². The van der Waals surface area contributed by atoms with E-state index in [0.717, 1.165) is 23.7 Å². The lowest BCUT2D eigenvalue weighted by atomic mass is 10.1. The molecule has 4 nitrogen and oxygen atoms in total. The molecule has 0 radical (unpaired) electrons. The number of nitrogens with one attached hydrogen (secondary N) is 1. The van der Waals surface area contributed by atoms with E-state index in [4.69, 9.17) is 0 Å². The normalized spacial score (nSPS) is 11.0. The Morgan fingerprint density at radius 3 is 2.74 bits per heavy atom. The summed E-state index contributed by atoms with van der Waals surface area (Å²) in [5.41, 5.74) is 3.52. The maximum absolute atomic E-state index is 12.1. The number of thioether (sulfide) groups is 1. The quantitative estimate of drug-likeness (QED) is 0.783. The maximum atomic E-state index is 12.1. The second-order valence-electron chi connectivity index (χ2n) is 5.74. The summed E-state index contributed by atoms with van der Waals surface area (Å²) in [5, 5.41) is 3.91. The van der Waals surface area contributed by atoms with Crippen LogP contribution in [0.15, 0.2) is 35.7 Å². The van der Waals surface area contributed by atoms with Crippen molar-refractivity contribution in [3.05, 3.63) is 41.7 Å². The molecule has 0 spiro atoms. The van der Waals surface area contributed by atoms with E-state index in [1.165, 1.54) is 22.9 Å². The second kappa shape index (κ2) is 8.20. The molecule has 1 amide bonds. The summed E-state index contributed by atoms with van der Waals surface area (Å²) in [7, 11) is 0. The molecule has 1 aromatic heterocycles. The molecule has 2 rings (SSSR count). The van der Waals surface area contributed by atoms with Crippen molar-refractivity contribution in [2.75, 3.05) is 5.75 Å². The molecule has 0 bridgehead atoms. The van der Waals surface area contributed by atoms with Gasteiger partial charge in [-0.05, 0) is 43.9 Å². The van der Waals surface area contributed by atoms with Gasteiger partial charge in [-0.25, -0.2) is 4.98 Å². The predicted molar refractivity (Wildman–Crippen MR) is 96.3 cm³/mol. The number of benzene rings is 1. The van der Waals surface area contributed by atoms with Crippen molar-refractivity contribution in [1.29, 1.82) is 0 Å². The molecule has 1 aromatic carbocycles. The van der Waals surface area contributed by atoms with Crippen LogP contribution < -0.4 is 5.32 Å². The van der Waals surface area contributed by atoms with Crippen LogP contribution in [0.2, 0.25) is 0 Å². The van der Waals surface area contributed by atoms with Gasteiger partial charge in [0.2, 0.25) is 5.91 Å². The molecular formula is C18H25N3OS. The van der Waals surface area contributed by atoms with Crippen molar-refractivity contribution in [1.82, 2.24) is 14.9 Å². The molecule has 1 heterocycles. The van der Waals surface area contributed by atoms with E-state index in [-0.39, 0.29) is 11.9 Å². The minimum atomic E-state index is 0.0687. The third-order valence-corrected chi connectivity index (χ3v) is 4.88. The minimum absolute atomic E-state index is 0.0687. The summed E-state index contributed by atoms with van der Waals surface area (Å²) in [6.07, 6.45) is 5.65. The highest BCUT2D eigenvalue weighted by Gasteiger charge is 2.12. The van der Waals surface area contributed by atoms with Gasteiger partial charge >= 0.3 is 0 Å². The SMILES string of the molecule is CCC(CC)NC(=O)CSc1nccn1-c1cc(C)ccc1C. The van der Waals surface area contributed by atoms with Crippen LogP contribution >= 0.6 is 11.8 Å². The van der Waals surface area contributed by atoms with E-state index in [9.17, 15) is 4.79 Å². The number of hydrogen-bond donors (Lipinski definition) is 1. The van der Waals surface area contributed by atoms with Gasteiger partial charge in [0.1, 0.15) is 0 Å². The molecule has 0 aliphatic rings. The van der Waals surface area contributed by atoms with Crippen molar-refractivity contribution in [2.24, 2.45) is 0 Å². The number of carbonyl (C=O) groups is 1. The Labute approximate surface area is 142 Å². The Kier molecular flexibility index (Phi) is 6.28. The summed E-state index contributed by atoms with van der Waals surface area (Å²) < 4.78 is 2.05. The second-order valence-corrected chi connectivity index (χ2v) is 6.68. The van der Waals surface area contributed by atoms with E-state index in [1.54, 1.807) is 6.20 Å². The number of aromatic nitrogens is 2. The first kappa shape index (κ1) is 17.6. The molecule has 23 heavy (non-hydrogen) atoms. The van der Waals surface area contributed by atoms with Crippen molar-refractivity contribution in [3.63, 3.8) is 0 Å². The molecule has 0 saturated carbocycles. The lowest BCUT2D eigenvalue weighted by Gasteiger charge is -2.15. The highest BCUT2D eigenvalue weighted by atomic mass is 32.2. The van der Waals surface area contributed by atoms with Crippen LogP contribution in [0, 0.1) is 13.8 Å². The van der Waals surface area contributed by atoms with Crippen LogP contribution in [0.25, 0.3) is 5.69 Å². The fourth-order valence-electron chi connectivity index (χ4n) is 2.45. The first-order valence-electron chi connectivity index (χ1n) is 8.08. The van der Waals surface area contributed by atoms with Crippen molar-refractivity contribution in [3.8, 4) is 5.69 Å². The number of nitrogens with zero attached hydrogens (tertiary/aromatic N) is 2. The van der Waals surface area contributed by atoms with E-state index in [1.807, 2.05) is 6.20 Å². The number of carbonyl (C=O) groups excluding carboxylic acids is 1. The Morgan fingerprint density at radius 1 is 1.30 bits per heavy atom. The third kappa shape index (κ3) is 4.61. The monoisotopic (exact) mass is 331 g/mol. The van der Waals surface area contributed by atoms with E-state index >= 15 is 0 Å². The van der Waals surface area contributed by atoms with Gasteiger partial charge in [0.15, 0.2) is 5.16 Å². The first-order valence-corrected chi connectivity index (χ1v) is 9.06. The van der Waals surface area contributed by atoms with Crippen molar-refractivity contribution in [2.45, 2.75) is 51.7 Å². The summed E-state index contributed by atoms with van der Waals surface area (Å²) in [6, 6.07) is 6.62. The highest BCUT2D eigenvalue weighted by Crippen LogP contribution is 2.23. The third-order valence-electron chi connectivity index (χ3n) is 3.91. The molecule has 0 aliphatic heterocycles. The van der Waals surface area contributed by atoms with Crippen LogP contribution in [0.3, 0.4) is 0 Å². The van der Waals surface area contributed by atoms with Crippen LogP contribution in [-0.4, -0.2) is 27.3 Å². The Bertz CT molecular complexity index is 662. The molecular weight excluding hydrogens is 306 g/mol. The van der Waals surface area contributed by atoms with Crippen molar-refractivity contribution >= 4 is 17.7 Å². The first-order chi connectivity index (χ1) is 11.0. The predicted octanol–water partition coefficient (Wildman–Crippen LogP) is 3.89. The molecule has 0 saturated heterocycles. The number of rotatable bonds is 7. The molecule has 0 unspecified atom stereocenters. The smallest absolute Gasteiger partial charge is 0.230 e. The standard InChI is InChI=1S/C18H25N3OS/c1-5-15(6-2)20-17(22)12-23-18-19-9-10-21(18)16-11-13(3)7-8-14(16)4/h7-11,15H,5-6,12H2,1-4H3,(H,20,22). The molecule has 0 aliphatic carbocycles. The fraction of sp³-hybridized carbons (Fsp3) is 0.444. The van der Waals surface area contributed by atoms with Crippen LogP contribution in [-0.2, 0) is 4.79 Å². The van der Waals surface area contributed by atoms with Crippen LogP contribution in [0.5, 0.6) is 0 Å². The Hall–Kier alpha value is -1.75. The summed E-state index contributed by atoms with van der Waals surface area (Å²) in [5.74, 6) is 0.456. The number of amides is 1. The zero-order valence-corrected chi connectivity index (χ0v) is 15.1. The summed E-state index contributed by atoms with van der Waals surface area (Å²) in [4.78, 5) is 16.5. The van der Waals surface area contributed by atoms with Gasteiger partial charge in [0.05, 0.1) is 11.4 Å². The van der Waals surface area contributed by atoms with Gasteiger partial charge < -0.3 is 5.32 Å². The van der Waals surface area contributed by atoms with E-state index in [2.05, 4.69) is 60.8 Å². The van der Waals surface area contributed by atoms with Crippen molar-refractivity contribution < 1.29 is 4.79 Å². The molecule has 124 valence electrons. The Morgan fingerprint density at radius 2 is 2.04 bits per heavy atom. The Balaban J connectivity index is 2.07. The molecule has 2 aromatic rings. The molecule has 5 heteroatoms. The van der Waals surface area contributed by atoms with Crippen LogP contribution in [0.1, 0.15) is 37.8 Å².